The molecule has 0 bridgehead atoms. The van der Waals surface area contributed by atoms with Gasteiger partial charge in [0.1, 0.15) is 42.3 Å². The number of aromatic nitrogens is 2. The van der Waals surface area contributed by atoms with E-state index in [1.807, 2.05) is 0 Å². The van der Waals surface area contributed by atoms with Gasteiger partial charge in [0, 0.05) is 24.7 Å². The van der Waals surface area contributed by atoms with Crippen molar-refractivity contribution in [2.75, 3.05) is 26.2 Å². The molecule has 0 saturated heterocycles. The second-order valence-electron chi connectivity index (χ2n) is 15.4. The smallest absolute Gasteiger partial charge is 0.326 e. The first kappa shape index (κ1) is 54.6. The number of aliphatic hydroxyl groups excluding tert-OH is 2. The van der Waals surface area contributed by atoms with Gasteiger partial charge < -0.3 is 74.3 Å². The summed E-state index contributed by atoms with van der Waals surface area (Å²) in [7, 11) is 0. The van der Waals surface area contributed by atoms with Gasteiger partial charge in [-0.1, -0.05) is 50.6 Å². The Labute approximate surface area is 376 Å². The van der Waals surface area contributed by atoms with E-state index in [4.69, 9.17) is 11.5 Å². The van der Waals surface area contributed by atoms with Crippen molar-refractivity contribution in [1.82, 2.24) is 52.5 Å². The highest BCUT2D eigenvalue weighted by Gasteiger charge is 2.33. The van der Waals surface area contributed by atoms with Crippen LogP contribution in [0.2, 0.25) is 0 Å². The van der Waals surface area contributed by atoms with Crippen LogP contribution in [0.1, 0.15) is 64.6 Å². The number of carboxylic acid groups (broad SMARTS) is 1. The molecule has 1 aromatic carbocycles. The third kappa shape index (κ3) is 19.4. The Morgan fingerprint density at radius 2 is 1.29 bits per heavy atom. The van der Waals surface area contributed by atoms with Crippen LogP contribution in [-0.2, 0) is 56.0 Å². The largest absolute Gasteiger partial charge is 0.480 e. The lowest BCUT2D eigenvalue weighted by Gasteiger charge is -2.27. The number of rotatable bonds is 29. The first-order valence-corrected chi connectivity index (χ1v) is 21.2. The number of nitrogens with zero attached hydrogens (tertiary/aromatic N) is 1. The minimum absolute atomic E-state index is 0.0263. The van der Waals surface area contributed by atoms with Crippen LogP contribution in [0, 0.1) is 5.92 Å². The van der Waals surface area contributed by atoms with E-state index in [2.05, 4.69) is 52.5 Å². The molecule has 0 fully saturated rings. The number of nitrogens with two attached hydrogens (primary N) is 2. The number of carbonyl (C=O) groups is 9. The molecule has 24 heteroatoms. The number of benzene rings is 1. The van der Waals surface area contributed by atoms with E-state index in [-0.39, 0.29) is 19.3 Å². The molecule has 0 unspecified atom stereocenters. The standard InChI is InChI=1S/C41H64N12O12/c1-5-22(2)34(40(63)52-29(16-26-17-44-21-47-26)38(61)50-27(41(64)65)13-9-10-14-42)53-32(57)19-46-37(60)30(20-54)49-31(56)18-45-36(59)28(15-25-11-7-6-8-12-25)51-35(58)23(3)48-39(62)33(43)24(4)55/h6-8,11-12,17,21-24,27-30,33-34,54-55H,5,9-10,13-16,18-20,42-43H2,1-4H3,(H,44,47)(H,45,59)(H,46,60)(H,48,62)(H,49,56)(H,50,61)(H,51,58)(H,52,63)(H,53,57)(H,64,65)/t22-,23-,24+,27-,28-,29-,30-,33-,34-/m0/s1. The Balaban J connectivity index is 2.05. The van der Waals surface area contributed by atoms with Gasteiger partial charge in [-0.2, -0.15) is 0 Å². The second kappa shape index (κ2) is 28.3. The minimum atomic E-state index is -1.59. The van der Waals surface area contributed by atoms with E-state index >= 15 is 0 Å². The summed E-state index contributed by atoms with van der Waals surface area (Å²) in [4.78, 5) is 123. The Morgan fingerprint density at radius 1 is 0.708 bits per heavy atom. The maximum absolute atomic E-state index is 13.7. The number of unbranched alkanes of at least 4 members (excludes halogenated alkanes) is 1. The summed E-state index contributed by atoms with van der Waals surface area (Å²) in [5.74, 6) is -8.50. The molecule has 2 aromatic rings. The van der Waals surface area contributed by atoms with Crippen LogP contribution in [0.25, 0.3) is 0 Å². The van der Waals surface area contributed by atoms with Crippen LogP contribution >= 0.6 is 0 Å². The molecule has 360 valence electrons. The molecule has 1 heterocycles. The second-order valence-corrected chi connectivity index (χ2v) is 15.4. The maximum Gasteiger partial charge on any atom is 0.326 e. The molecule has 8 amide bonds. The fourth-order valence-corrected chi connectivity index (χ4v) is 6.01. The van der Waals surface area contributed by atoms with Crippen molar-refractivity contribution >= 4 is 53.2 Å². The molecular formula is C41H64N12O12. The SMILES string of the molecule is CC[C@H](C)[C@H](NC(=O)CNC(=O)[C@H](CO)NC(=O)CNC(=O)[C@H](Cc1ccccc1)NC(=O)[C@H](C)NC(=O)[C@@H](N)[C@@H](C)O)C(=O)N[C@@H](Cc1cnc[nH]1)C(=O)N[C@@H](CCCCN)C(=O)O. The lowest BCUT2D eigenvalue weighted by molar-refractivity contribution is -0.142. The number of H-pyrrole nitrogens is 1. The summed E-state index contributed by atoms with van der Waals surface area (Å²) in [6, 6.07) is -0.550. The average molecular weight is 917 g/mol. The van der Waals surface area contributed by atoms with Gasteiger partial charge in [-0.05, 0) is 51.1 Å². The summed E-state index contributed by atoms with van der Waals surface area (Å²) in [6.07, 6.45) is 2.92. The number of aromatic amines is 1. The molecule has 65 heavy (non-hydrogen) atoms. The number of hydrogen-bond acceptors (Lipinski definition) is 14. The zero-order valence-corrected chi connectivity index (χ0v) is 36.9. The lowest BCUT2D eigenvalue weighted by atomic mass is 9.97. The van der Waals surface area contributed by atoms with Gasteiger partial charge in [0.05, 0.1) is 32.1 Å². The third-order valence-corrected chi connectivity index (χ3v) is 10.2. The number of aliphatic hydroxyl groups is 2. The predicted octanol–water partition coefficient (Wildman–Crippen LogP) is -4.68. The van der Waals surface area contributed by atoms with Crippen LogP contribution in [0.5, 0.6) is 0 Å². The van der Waals surface area contributed by atoms with E-state index in [0.29, 0.717) is 37.1 Å². The number of amides is 8. The summed E-state index contributed by atoms with van der Waals surface area (Å²) in [6.45, 7) is 4.05. The number of aliphatic carboxylic acids is 1. The first-order valence-electron chi connectivity index (χ1n) is 21.2. The van der Waals surface area contributed by atoms with Gasteiger partial charge in [-0.3, -0.25) is 38.4 Å². The summed E-state index contributed by atoms with van der Waals surface area (Å²) in [5, 5.41) is 48.5. The number of nitrogens with one attached hydrogen (secondary N) is 9. The average Bonchev–Trinajstić information content (AvgIpc) is 3.80. The zero-order chi connectivity index (χ0) is 48.6. The Hall–Kier alpha value is -6.50. The molecule has 16 N–H and O–H groups in total. The fraction of sp³-hybridized carbons (Fsp3) is 0.561. The van der Waals surface area contributed by atoms with Crippen LogP contribution in [0.15, 0.2) is 42.9 Å². The summed E-state index contributed by atoms with van der Waals surface area (Å²) in [5.41, 5.74) is 12.2. The van der Waals surface area contributed by atoms with Gasteiger partial charge in [-0.15, -0.1) is 0 Å². The molecular weight excluding hydrogens is 853 g/mol. The quantitative estimate of drug-likeness (QED) is 0.0341. The first-order chi connectivity index (χ1) is 30.8. The van der Waals surface area contributed by atoms with E-state index in [0.717, 1.165) is 0 Å². The van der Waals surface area contributed by atoms with Gasteiger partial charge in [0.2, 0.25) is 47.3 Å². The number of hydrogen-bond donors (Lipinski definition) is 14. The molecule has 24 nitrogen and oxygen atoms in total. The van der Waals surface area contributed by atoms with Crippen LogP contribution in [0.3, 0.4) is 0 Å². The van der Waals surface area contributed by atoms with Crippen molar-refractivity contribution in [3.8, 4) is 0 Å². The van der Waals surface area contributed by atoms with Gasteiger partial charge in [-0.25, -0.2) is 9.78 Å². The van der Waals surface area contributed by atoms with Gasteiger partial charge in [0.15, 0.2) is 0 Å². The van der Waals surface area contributed by atoms with Gasteiger partial charge in [0.25, 0.3) is 0 Å². The van der Waals surface area contributed by atoms with Crippen molar-refractivity contribution in [1.29, 1.82) is 0 Å². The van der Waals surface area contributed by atoms with Crippen molar-refractivity contribution < 1.29 is 58.5 Å². The number of imidazole rings is 1. The van der Waals surface area contributed by atoms with E-state index in [1.165, 1.54) is 26.4 Å². The molecule has 1 aromatic heterocycles. The minimum Gasteiger partial charge on any atom is -0.480 e. The molecule has 0 spiro atoms. The van der Waals surface area contributed by atoms with E-state index in [1.54, 1.807) is 44.2 Å². The molecule has 0 aliphatic heterocycles. The number of carbonyl (C=O) groups excluding carboxylic acids is 8. The highest BCUT2D eigenvalue weighted by atomic mass is 16.4. The van der Waals surface area contributed by atoms with Crippen LogP contribution in [-0.4, -0.2) is 153 Å². The topological polar surface area (TPSA) is 391 Å². The van der Waals surface area contributed by atoms with E-state index < -0.39 is 127 Å². The molecule has 0 aliphatic carbocycles. The normalized spacial score (nSPS) is 15.1. The van der Waals surface area contributed by atoms with Crippen LogP contribution in [0.4, 0.5) is 0 Å². The van der Waals surface area contributed by atoms with Crippen molar-refractivity contribution in [3.05, 3.63) is 54.1 Å². The number of carboxylic acids is 1. The molecule has 0 aliphatic rings. The molecule has 9 atom stereocenters. The van der Waals surface area contributed by atoms with Crippen molar-refractivity contribution in [2.24, 2.45) is 17.4 Å². The molecule has 0 saturated carbocycles. The Kier molecular flexibility index (Phi) is 23.8. The lowest BCUT2D eigenvalue weighted by Crippen LogP contribution is -2.59. The highest BCUT2D eigenvalue weighted by Crippen LogP contribution is 2.11. The molecule has 0 radical (unpaired) electrons. The third-order valence-electron chi connectivity index (χ3n) is 10.2. The fourth-order valence-electron chi connectivity index (χ4n) is 6.01. The maximum atomic E-state index is 13.7. The Bertz CT molecular complexity index is 1880. The molecule has 2 rings (SSSR count). The zero-order valence-electron chi connectivity index (χ0n) is 36.9. The van der Waals surface area contributed by atoms with Crippen molar-refractivity contribution in [3.63, 3.8) is 0 Å². The Morgan fingerprint density at radius 3 is 1.85 bits per heavy atom. The van der Waals surface area contributed by atoms with E-state index in [9.17, 15) is 58.5 Å². The monoisotopic (exact) mass is 916 g/mol. The summed E-state index contributed by atoms with van der Waals surface area (Å²) < 4.78 is 0. The van der Waals surface area contributed by atoms with Crippen LogP contribution < -0.4 is 54.0 Å². The highest BCUT2D eigenvalue weighted by molar-refractivity contribution is 5.96. The predicted molar refractivity (Wildman–Crippen MR) is 232 cm³/mol. The summed E-state index contributed by atoms with van der Waals surface area (Å²) >= 11 is 0. The van der Waals surface area contributed by atoms with Crippen molar-refractivity contribution in [2.45, 2.75) is 115 Å². The van der Waals surface area contributed by atoms with Gasteiger partial charge >= 0.3 is 5.97 Å².